The number of aromatic nitrogens is 1. The molecular formula is C32H32ClN5O3S. The van der Waals surface area contributed by atoms with E-state index in [1.54, 1.807) is 48.5 Å². The van der Waals surface area contributed by atoms with Gasteiger partial charge in [0.1, 0.15) is 10.9 Å². The number of benzene rings is 3. The average molecular weight is 602 g/mol. The molecule has 3 amide bonds. The van der Waals surface area contributed by atoms with Gasteiger partial charge in [-0.15, -0.1) is 0 Å². The molecule has 216 valence electrons. The molecule has 1 fully saturated rings. The van der Waals surface area contributed by atoms with Gasteiger partial charge in [0.15, 0.2) is 5.69 Å². The Balaban J connectivity index is 1.50. The molecule has 0 radical (unpaired) electrons. The Hall–Kier alpha value is -4.21. The minimum atomic E-state index is -1.07. The first-order valence-corrected chi connectivity index (χ1v) is 15.1. The van der Waals surface area contributed by atoms with Crippen LogP contribution in [-0.2, 0) is 11.3 Å². The maximum atomic E-state index is 14.3. The predicted molar refractivity (Wildman–Crippen MR) is 167 cm³/mol. The normalized spacial score (nSPS) is 14.1. The zero-order valence-electron chi connectivity index (χ0n) is 23.0. The molecule has 0 bridgehead atoms. The standard InChI is InChI=1S/C32H32ClN5O3S/c33-23-18-16-22(17-19-23)28(31(40)35-20-21-10-4-1-5-11-21)38(25-14-8-3-9-15-25)32(41)29-26(34)27(37-42-29)30(39)36-24-12-6-2-7-13-24/h1,3-5,8-11,14-19,24,28H,2,6-7,12-13,20,34H2,(H,35,40)(H,36,39)/t28-/m0/s1. The van der Waals surface area contributed by atoms with Crippen LogP contribution in [0.2, 0.25) is 5.02 Å². The quantitative estimate of drug-likeness (QED) is 0.213. The lowest BCUT2D eigenvalue weighted by molar-refractivity contribution is -0.122. The average Bonchev–Trinajstić information content (AvgIpc) is 3.41. The van der Waals surface area contributed by atoms with Crippen molar-refractivity contribution in [1.29, 1.82) is 0 Å². The van der Waals surface area contributed by atoms with Crippen LogP contribution in [0.25, 0.3) is 0 Å². The van der Waals surface area contributed by atoms with Crippen LogP contribution >= 0.6 is 23.1 Å². The number of hydrogen-bond donors (Lipinski definition) is 3. The van der Waals surface area contributed by atoms with E-state index in [2.05, 4.69) is 15.0 Å². The van der Waals surface area contributed by atoms with E-state index < -0.39 is 23.8 Å². The van der Waals surface area contributed by atoms with Crippen molar-refractivity contribution in [3.05, 3.63) is 112 Å². The van der Waals surface area contributed by atoms with Crippen LogP contribution in [0, 0.1) is 0 Å². The monoisotopic (exact) mass is 601 g/mol. The highest BCUT2D eigenvalue weighted by Crippen LogP contribution is 2.34. The lowest BCUT2D eigenvalue weighted by Crippen LogP contribution is -2.44. The van der Waals surface area contributed by atoms with Gasteiger partial charge in [-0.1, -0.05) is 91.5 Å². The van der Waals surface area contributed by atoms with Crippen molar-refractivity contribution in [2.24, 2.45) is 0 Å². The van der Waals surface area contributed by atoms with Crippen molar-refractivity contribution in [3.63, 3.8) is 0 Å². The molecular weight excluding hydrogens is 570 g/mol. The minimum absolute atomic E-state index is 0.00112. The van der Waals surface area contributed by atoms with Crippen molar-refractivity contribution in [1.82, 2.24) is 15.0 Å². The Labute approximate surface area is 254 Å². The third-order valence-electron chi connectivity index (χ3n) is 7.33. The Bertz CT molecular complexity index is 1520. The van der Waals surface area contributed by atoms with Crippen LogP contribution in [0.1, 0.15) is 69.4 Å². The van der Waals surface area contributed by atoms with Crippen molar-refractivity contribution in [3.8, 4) is 0 Å². The summed E-state index contributed by atoms with van der Waals surface area (Å²) in [6, 6.07) is 24.2. The molecule has 0 aliphatic heterocycles. The SMILES string of the molecule is Nc1c(C(=O)NC2CCCCC2)nsc1C(=O)N(c1ccccc1)[C@H](C(=O)NCc1ccccc1)c1ccc(Cl)cc1. The number of nitrogens with one attached hydrogen (secondary N) is 2. The summed E-state index contributed by atoms with van der Waals surface area (Å²) in [5.41, 5.74) is 8.40. The van der Waals surface area contributed by atoms with Crippen molar-refractivity contribution in [2.45, 2.75) is 50.7 Å². The van der Waals surface area contributed by atoms with Gasteiger partial charge >= 0.3 is 0 Å². The molecule has 1 atom stereocenters. The van der Waals surface area contributed by atoms with Crippen molar-refractivity contribution in [2.75, 3.05) is 10.6 Å². The molecule has 1 heterocycles. The number of halogens is 1. The van der Waals surface area contributed by atoms with Gasteiger partial charge in [-0.2, -0.15) is 4.37 Å². The van der Waals surface area contributed by atoms with Crippen LogP contribution < -0.4 is 21.3 Å². The number of rotatable bonds is 9. The summed E-state index contributed by atoms with van der Waals surface area (Å²) in [5, 5.41) is 6.50. The molecule has 8 nitrogen and oxygen atoms in total. The maximum absolute atomic E-state index is 14.3. The molecule has 0 saturated heterocycles. The topological polar surface area (TPSA) is 117 Å². The number of para-hydroxylation sites is 1. The van der Waals surface area contributed by atoms with Crippen LogP contribution in [0.5, 0.6) is 0 Å². The Morgan fingerprint density at radius 1 is 0.929 bits per heavy atom. The fourth-order valence-electron chi connectivity index (χ4n) is 5.14. The zero-order valence-corrected chi connectivity index (χ0v) is 24.5. The number of amides is 3. The van der Waals surface area contributed by atoms with Crippen LogP contribution in [0.15, 0.2) is 84.9 Å². The Morgan fingerprint density at radius 3 is 2.24 bits per heavy atom. The fraction of sp³-hybridized carbons (Fsp3) is 0.250. The van der Waals surface area contributed by atoms with Gasteiger partial charge in [-0.05, 0) is 59.8 Å². The minimum Gasteiger partial charge on any atom is -0.395 e. The first kappa shape index (κ1) is 29.3. The largest absolute Gasteiger partial charge is 0.395 e. The van der Waals surface area contributed by atoms with E-state index in [1.165, 1.54) is 4.90 Å². The van der Waals surface area contributed by atoms with Crippen LogP contribution in [0.3, 0.4) is 0 Å². The third-order valence-corrected chi connectivity index (χ3v) is 8.44. The van der Waals surface area contributed by atoms with Gasteiger partial charge in [-0.3, -0.25) is 19.3 Å². The first-order valence-electron chi connectivity index (χ1n) is 13.9. The second kappa shape index (κ2) is 13.6. The summed E-state index contributed by atoms with van der Waals surface area (Å²) in [6.45, 7) is 0.273. The van der Waals surface area contributed by atoms with Crippen molar-refractivity contribution < 1.29 is 14.4 Å². The molecule has 4 N–H and O–H groups in total. The zero-order chi connectivity index (χ0) is 29.5. The molecule has 5 rings (SSSR count). The van der Waals surface area contributed by atoms with Crippen LogP contribution in [0.4, 0.5) is 11.4 Å². The summed E-state index contributed by atoms with van der Waals surface area (Å²) in [7, 11) is 0. The molecule has 0 unspecified atom stereocenters. The molecule has 42 heavy (non-hydrogen) atoms. The smallest absolute Gasteiger partial charge is 0.273 e. The van der Waals surface area contributed by atoms with E-state index in [-0.39, 0.29) is 28.8 Å². The third kappa shape index (κ3) is 6.80. The predicted octanol–water partition coefficient (Wildman–Crippen LogP) is 6.15. The van der Waals surface area contributed by atoms with E-state index >= 15 is 0 Å². The number of nitrogen functional groups attached to an aromatic ring is 1. The number of carbonyl (C=O) groups is 3. The maximum Gasteiger partial charge on any atom is 0.273 e. The highest BCUT2D eigenvalue weighted by Gasteiger charge is 2.36. The molecule has 1 aliphatic rings. The fourth-order valence-corrected chi connectivity index (χ4v) is 6.00. The van der Waals surface area contributed by atoms with E-state index in [0.717, 1.165) is 49.2 Å². The second-order valence-corrected chi connectivity index (χ2v) is 11.5. The van der Waals surface area contributed by atoms with Gasteiger partial charge in [-0.25, -0.2) is 0 Å². The highest BCUT2D eigenvalue weighted by molar-refractivity contribution is 7.09. The number of nitrogens with zero attached hydrogens (tertiary/aromatic N) is 2. The number of carbonyl (C=O) groups excluding carboxylic acids is 3. The van der Waals surface area contributed by atoms with Crippen molar-refractivity contribution >= 4 is 52.2 Å². The highest BCUT2D eigenvalue weighted by atomic mass is 35.5. The van der Waals surface area contributed by atoms with Gasteiger partial charge in [0.25, 0.3) is 11.8 Å². The molecule has 1 aromatic heterocycles. The van der Waals surface area contributed by atoms with E-state index in [4.69, 9.17) is 17.3 Å². The summed E-state index contributed by atoms with van der Waals surface area (Å²) in [6.07, 6.45) is 5.10. The van der Waals surface area contributed by atoms with Crippen LogP contribution in [-0.4, -0.2) is 28.1 Å². The first-order chi connectivity index (χ1) is 20.4. The van der Waals surface area contributed by atoms with Gasteiger partial charge in [0.05, 0.1) is 5.69 Å². The summed E-state index contributed by atoms with van der Waals surface area (Å²) < 4.78 is 4.28. The molecule has 10 heteroatoms. The number of anilines is 2. The summed E-state index contributed by atoms with van der Waals surface area (Å²) >= 11 is 7.03. The van der Waals surface area contributed by atoms with E-state index in [0.29, 0.717) is 16.3 Å². The summed E-state index contributed by atoms with van der Waals surface area (Å²) in [4.78, 5) is 42.8. The lowest BCUT2D eigenvalue weighted by atomic mass is 9.95. The van der Waals surface area contributed by atoms with Gasteiger partial charge in [0, 0.05) is 23.3 Å². The lowest BCUT2D eigenvalue weighted by Gasteiger charge is -2.31. The molecule has 4 aromatic rings. The Kier molecular flexibility index (Phi) is 9.51. The number of hydrogen-bond acceptors (Lipinski definition) is 6. The second-order valence-electron chi connectivity index (χ2n) is 10.3. The number of nitrogens with two attached hydrogens (primary N) is 1. The van der Waals surface area contributed by atoms with E-state index in [1.807, 2.05) is 36.4 Å². The summed E-state index contributed by atoms with van der Waals surface area (Å²) in [5.74, 6) is -1.32. The van der Waals surface area contributed by atoms with Gasteiger partial charge in [0.2, 0.25) is 5.91 Å². The molecule has 0 spiro atoms. The molecule has 3 aromatic carbocycles. The molecule has 1 saturated carbocycles. The molecule has 1 aliphatic carbocycles. The van der Waals surface area contributed by atoms with Gasteiger partial charge < -0.3 is 16.4 Å². The Morgan fingerprint density at radius 2 is 1.57 bits per heavy atom. The van der Waals surface area contributed by atoms with E-state index in [9.17, 15) is 14.4 Å².